The number of rotatable bonds is 24. The molecule has 0 fully saturated rings. The van der Waals surface area contributed by atoms with Gasteiger partial charge < -0.3 is 17.7 Å². The molecule has 216 valence electrons. The Morgan fingerprint density at radius 3 is 0.784 bits per heavy atom. The van der Waals surface area contributed by atoms with Gasteiger partial charge in [0, 0.05) is 0 Å². The van der Waals surface area contributed by atoms with Crippen molar-refractivity contribution in [2.45, 2.75) is 132 Å². The topological polar surface area (TPSA) is 36.9 Å². The van der Waals surface area contributed by atoms with E-state index in [1.807, 2.05) is 0 Å². The second kappa shape index (κ2) is 24.1. The van der Waals surface area contributed by atoms with Crippen molar-refractivity contribution < 1.29 is 17.7 Å². The van der Waals surface area contributed by atoms with E-state index in [-0.39, 0.29) is 0 Å². The summed E-state index contributed by atoms with van der Waals surface area (Å²) in [6.07, 6.45) is 21.8. The van der Waals surface area contributed by atoms with Crippen LogP contribution in [0.15, 0.2) is 46.6 Å². The normalized spacial score (nSPS) is 15.4. The molecule has 0 atom stereocenters. The van der Waals surface area contributed by atoms with E-state index in [4.69, 9.17) is 17.7 Å². The first kappa shape index (κ1) is 36.0. The highest BCUT2D eigenvalue weighted by molar-refractivity contribution is 6.53. The smallest absolute Gasteiger partial charge is 0.347 e. The summed E-state index contributed by atoms with van der Waals surface area (Å²) in [5, 5.41) is 0. The highest BCUT2D eigenvalue weighted by Gasteiger charge is 2.46. The fraction of sp³-hybridized carbons (Fsp3) is 0.750. The molecule has 4 nitrogen and oxygen atoms in total. The first-order valence-electron chi connectivity index (χ1n) is 15.2. The van der Waals surface area contributed by atoms with Crippen molar-refractivity contribution >= 4 is 9.05 Å². The van der Waals surface area contributed by atoms with Crippen LogP contribution in [0.2, 0.25) is 0 Å². The molecule has 0 aliphatic carbocycles. The lowest BCUT2D eigenvalue weighted by Gasteiger charge is -2.30. The van der Waals surface area contributed by atoms with Gasteiger partial charge in [-0.15, -0.1) is 0 Å². The number of hydrogen-bond acceptors (Lipinski definition) is 4. The van der Waals surface area contributed by atoms with Gasteiger partial charge in [-0.25, -0.2) is 0 Å². The van der Waals surface area contributed by atoms with Crippen LogP contribution in [0, 0.1) is 0 Å². The molecule has 0 bridgehead atoms. The molecule has 0 aromatic carbocycles. The molecule has 0 aromatic heterocycles. The Bertz CT molecular complexity index is 561. The zero-order valence-corrected chi connectivity index (χ0v) is 26.8. The quantitative estimate of drug-likeness (QED) is 0.0908. The maximum atomic E-state index is 6.60. The fourth-order valence-corrected chi connectivity index (χ4v) is 5.54. The summed E-state index contributed by atoms with van der Waals surface area (Å²) >= 11 is 0. The monoisotopic (exact) mass is 536 g/mol. The highest BCUT2D eigenvalue weighted by Crippen LogP contribution is 2.21. The van der Waals surface area contributed by atoms with E-state index >= 15 is 0 Å². The maximum Gasteiger partial charge on any atom is 0.680 e. The van der Waals surface area contributed by atoms with Crippen LogP contribution < -0.4 is 0 Å². The maximum absolute atomic E-state index is 6.60. The Morgan fingerprint density at radius 2 is 0.622 bits per heavy atom. The first-order chi connectivity index (χ1) is 18.0. The van der Waals surface area contributed by atoms with Gasteiger partial charge in [-0.2, -0.15) is 0 Å². The van der Waals surface area contributed by atoms with Crippen LogP contribution in [0.1, 0.15) is 132 Å². The molecule has 0 rings (SSSR count). The number of allylic oxidation sites excluding steroid dienone is 4. The molecule has 0 saturated carbocycles. The van der Waals surface area contributed by atoms with Crippen LogP contribution in [-0.4, -0.2) is 35.5 Å². The fourth-order valence-electron chi connectivity index (χ4n) is 3.59. The van der Waals surface area contributed by atoms with Gasteiger partial charge >= 0.3 is 9.05 Å². The summed E-state index contributed by atoms with van der Waals surface area (Å²) in [6.45, 7) is 19.5. The van der Waals surface area contributed by atoms with Crippen LogP contribution in [0.25, 0.3) is 0 Å². The third-order valence-corrected chi connectivity index (χ3v) is 8.43. The molecule has 0 saturated heterocycles. The highest BCUT2D eigenvalue weighted by atomic mass is 28.4. The van der Waals surface area contributed by atoms with Crippen LogP contribution in [0.4, 0.5) is 0 Å². The molecule has 37 heavy (non-hydrogen) atoms. The van der Waals surface area contributed by atoms with Crippen molar-refractivity contribution in [1.82, 2.24) is 0 Å². The van der Waals surface area contributed by atoms with E-state index in [9.17, 15) is 0 Å². The molecule has 0 N–H and O–H groups in total. The van der Waals surface area contributed by atoms with Crippen LogP contribution in [0.3, 0.4) is 0 Å². The second-order valence-corrected chi connectivity index (χ2v) is 11.8. The Balaban J connectivity index is 6.13. The van der Waals surface area contributed by atoms with Crippen molar-refractivity contribution in [2.24, 2.45) is 0 Å². The minimum absolute atomic E-state index is 0.489. The molecule has 0 spiro atoms. The van der Waals surface area contributed by atoms with E-state index in [2.05, 4.69) is 79.7 Å². The zero-order valence-electron chi connectivity index (χ0n) is 25.8. The minimum atomic E-state index is -3.43. The third kappa shape index (κ3) is 17.3. The first-order valence-corrected chi connectivity index (χ1v) is 16.9. The Hall–Kier alpha value is -0.983. The summed E-state index contributed by atoms with van der Waals surface area (Å²) in [7, 11) is -3.43. The van der Waals surface area contributed by atoms with Gasteiger partial charge in [0.25, 0.3) is 0 Å². The van der Waals surface area contributed by atoms with Crippen LogP contribution in [-0.2, 0) is 17.7 Å². The summed E-state index contributed by atoms with van der Waals surface area (Å²) in [5.74, 6) is 0. The van der Waals surface area contributed by atoms with E-state index in [1.165, 1.54) is 22.3 Å². The van der Waals surface area contributed by atoms with E-state index < -0.39 is 9.05 Å². The lowest BCUT2D eigenvalue weighted by molar-refractivity contribution is -0.0182. The molecule has 0 heterocycles. The van der Waals surface area contributed by atoms with Gasteiger partial charge in [-0.1, -0.05) is 105 Å². The van der Waals surface area contributed by atoms with E-state index in [1.54, 1.807) is 0 Å². The largest absolute Gasteiger partial charge is 0.680 e. The van der Waals surface area contributed by atoms with Crippen molar-refractivity contribution in [3.05, 3.63) is 46.6 Å². The second-order valence-electron chi connectivity index (χ2n) is 9.67. The van der Waals surface area contributed by atoms with Gasteiger partial charge in [-0.3, -0.25) is 0 Å². The molecular weight excluding hydrogens is 476 g/mol. The average Bonchev–Trinajstić information content (AvgIpc) is 2.93. The number of hydrogen-bond donors (Lipinski definition) is 0. The minimum Gasteiger partial charge on any atom is -0.347 e. The molecule has 0 radical (unpaired) electrons. The molecule has 0 aliphatic heterocycles. The van der Waals surface area contributed by atoms with Gasteiger partial charge in [-0.05, 0) is 73.7 Å². The summed E-state index contributed by atoms with van der Waals surface area (Å²) in [6, 6.07) is 0. The van der Waals surface area contributed by atoms with Gasteiger partial charge in [0.1, 0.15) is 0 Å². The van der Waals surface area contributed by atoms with Gasteiger partial charge in [0.05, 0.1) is 26.4 Å². The van der Waals surface area contributed by atoms with Crippen molar-refractivity contribution in [3.63, 3.8) is 0 Å². The van der Waals surface area contributed by atoms with Crippen LogP contribution >= 0.6 is 0 Å². The van der Waals surface area contributed by atoms with Crippen molar-refractivity contribution in [3.8, 4) is 0 Å². The van der Waals surface area contributed by atoms with Crippen LogP contribution in [0.5, 0.6) is 0 Å². The SMILES string of the molecule is CCCC=C(CC)CO[Si](OCC(=CCCC)CC)(OCC(=CCCC)CC)OCC(=CCCC)CC. The standard InChI is InChI=1S/C32H60O4Si/c1-9-17-21-29(13-5)25-33-37(34-26-30(14-6)22-18-10-2,35-27-31(15-7)23-19-11-3)36-28-32(16-8)24-20-12-4/h21-24H,9-20,25-28H2,1-8H3. The third-order valence-electron chi connectivity index (χ3n) is 6.44. The zero-order chi connectivity index (χ0) is 27.8. The lowest BCUT2D eigenvalue weighted by Crippen LogP contribution is -2.50. The lowest BCUT2D eigenvalue weighted by atomic mass is 10.1. The van der Waals surface area contributed by atoms with Gasteiger partial charge in [0.15, 0.2) is 0 Å². The summed E-state index contributed by atoms with van der Waals surface area (Å²) in [4.78, 5) is 0. The molecule has 0 aromatic rings. The average molecular weight is 537 g/mol. The van der Waals surface area contributed by atoms with Crippen molar-refractivity contribution in [2.75, 3.05) is 26.4 Å². The predicted molar refractivity (Wildman–Crippen MR) is 163 cm³/mol. The Labute approximate surface area is 232 Å². The Kier molecular flexibility index (Phi) is 23.4. The van der Waals surface area contributed by atoms with E-state index in [0.29, 0.717) is 26.4 Å². The van der Waals surface area contributed by atoms with E-state index in [0.717, 1.165) is 77.0 Å². The molecule has 0 aliphatic rings. The number of unbranched alkanes of at least 4 members (excludes halogenated alkanes) is 4. The molecule has 0 unspecified atom stereocenters. The molecule has 5 heteroatoms. The summed E-state index contributed by atoms with van der Waals surface area (Å²) < 4.78 is 26.4. The predicted octanol–water partition coefficient (Wildman–Crippen LogP) is 10.0. The van der Waals surface area contributed by atoms with Gasteiger partial charge in [0.2, 0.25) is 0 Å². The Morgan fingerprint density at radius 1 is 0.405 bits per heavy atom. The van der Waals surface area contributed by atoms with Crippen molar-refractivity contribution in [1.29, 1.82) is 0 Å². The molecular formula is C32H60O4Si. The summed E-state index contributed by atoms with van der Waals surface area (Å²) in [5.41, 5.74) is 5.12. The molecule has 0 amide bonds.